The lowest BCUT2D eigenvalue weighted by Gasteiger charge is -2.12. The van der Waals surface area contributed by atoms with Crippen LogP contribution >= 0.6 is 0 Å². The maximum absolute atomic E-state index is 12.6. The van der Waals surface area contributed by atoms with E-state index in [1.54, 1.807) is 6.07 Å². The van der Waals surface area contributed by atoms with Crippen LogP contribution in [0.2, 0.25) is 0 Å². The number of carbonyl (C=O) groups excluding carboxylic acids is 1. The van der Waals surface area contributed by atoms with E-state index in [0.29, 0.717) is 11.4 Å². The fourth-order valence-electron chi connectivity index (χ4n) is 3.44. The number of hydrogen-bond donors (Lipinski definition) is 1. The zero-order valence-corrected chi connectivity index (χ0v) is 17.7. The fourth-order valence-corrected chi connectivity index (χ4v) is 3.44. The van der Waals surface area contributed by atoms with Gasteiger partial charge in [0.05, 0.1) is 5.69 Å². The standard InChI is InChI=1S/C24H25N5O2/c1-27(2)14-15-28-13-12-19-16-20(8-10-22(19)28)25-23(30)17-29-24(31)11-9-21(26-29)18-6-4-3-5-7-18/h3-13,16H,14-15,17H2,1-2H3,(H,25,30). The lowest BCUT2D eigenvalue weighted by atomic mass is 10.1. The third-order valence-electron chi connectivity index (χ3n) is 5.07. The van der Waals surface area contributed by atoms with Gasteiger partial charge in [-0.3, -0.25) is 9.59 Å². The fraction of sp³-hybridized carbons (Fsp3) is 0.208. The molecule has 7 nitrogen and oxygen atoms in total. The first-order valence-electron chi connectivity index (χ1n) is 10.2. The first-order chi connectivity index (χ1) is 15.0. The number of aromatic nitrogens is 3. The van der Waals surface area contributed by atoms with E-state index in [1.165, 1.54) is 10.7 Å². The molecule has 0 saturated carbocycles. The summed E-state index contributed by atoms with van der Waals surface area (Å²) in [6, 6.07) is 20.5. The van der Waals surface area contributed by atoms with Crippen molar-refractivity contribution in [3.63, 3.8) is 0 Å². The van der Waals surface area contributed by atoms with Crippen molar-refractivity contribution in [1.82, 2.24) is 19.2 Å². The topological polar surface area (TPSA) is 72.2 Å². The van der Waals surface area contributed by atoms with E-state index in [0.717, 1.165) is 29.6 Å². The van der Waals surface area contributed by atoms with Gasteiger partial charge in [-0.2, -0.15) is 5.10 Å². The lowest BCUT2D eigenvalue weighted by molar-refractivity contribution is -0.117. The zero-order valence-electron chi connectivity index (χ0n) is 17.7. The van der Waals surface area contributed by atoms with Crippen LogP contribution in [0.3, 0.4) is 0 Å². The van der Waals surface area contributed by atoms with E-state index >= 15 is 0 Å². The third-order valence-corrected chi connectivity index (χ3v) is 5.07. The van der Waals surface area contributed by atoms with Gasteiger partial charge in [-0.25, -0.2) is 4.68 Å². The Kier molecular flexibility index (Phi) is 5.95. The maximum atomic E-state index is 12.6. The van der Waals surface area contributed by atoms with Gasteiger partial charge in [0.15, 0.2) is 0 Å². The highest BCUT2D eigenvalue weighted by atomic mass is 16.2. The van der Waals surface area contributed by atoms with E-state index < -0.39 is 0 Å². The molecule has 0 fully saturated rings. The Bertz CT molecular complexity index is 1260. The van der Waals surface area contributed by atoms with Gasteiger partial charge >= 0.3 is 0 Å². The minimum Gasteiger partial charge on any atom is -0.346 e. The summed E-state index contributed by atoms with van der Waals surface area (Å²) in [6.45, 7) is 1.70. The van der Waals surface area contributed by atoms with Crippen LogP contribution in [0, 0.1) is 0 Å². The van der Waals surface area contributed by atoms with E-state index in [9.17, 15) is 9.59 Å². The second kappa shape index (κ2) is 8.97. The van der Waals surface area contributed by atoms with E-state index in [-0.39, 0.29) is 18.0 Å². The Morgan fingerprint density at radius 1 is 1.03 bits per heavy atom. The van der Waals surface area contributed by atoms with Crippen LogP contribution in [0.5, 0.6) is 0 Å². The van der Waals surface area contributed by atoms with Crippen molar-refractivity contribution in [2.45, 2.75) is 13.1 Å². The predicted molar refractivity (Wildman–Crippen MR) is 123 cm³/mol. The maximum Gasteiger partial charge on any atom is 0.267 e. The number of hydrogen-bond acceptors (Lipinski definition) is 4. The molecule has 0 bridgehead atoms. The number of fused-ring (bicyclic) bond motifs is 1. The first-order valence-corrected chi connectivity index (χ1v) is 10.2. The molecule has 2 aromatic heterocycles. The Labute approximate surface area is 180 Å². The SMILES string of the molecule is CN(C)CCn1ccc2cc(NC(=O)Cn3nc(-c4ccccc4)ccc3=O)ccc21. The largest absolute Gasteiger partial charge is 0.346 e. The molecule has 7 heteroatoms. The molecule has 0 spiro atoms. The molecular weight excluding hydrogens is 390 g/mol. The third kappa shape index (κ3) is 4.90. The van der Waals surface area contributed by atoms with Crippen LogP contribution in [0.4, 0.5) is 5.69 Å². The Morgan fingerprint density at radius 3 is 2.61 bits per heavy atom. The highest BCUT2D eigenvalue weighted by molar-refractivity contribution is 5.93. The lowest BCUT2D eigenvalue weighted by Crippen LogP contribution is -2.29. The molecular formula is C24H25N5O2. The molecule has 4 aromatic rings. The first kappa shape index (κ1) is 20.6. The van der Waals surface area contributed by atoms with Gasteiger partial charge in [-0.05, 0) is 44.4 Å². The summed E-state index contributed by atoms with van der Waals surface area (Å²) < 4.78 is 3.38. The van der Waals surface area contributed by atoms with Crippen LogP contribution in [0.15, 0.2) is 77.7 Å². The van der Waals surface area contributed by atoms with Crippen molar-refractivity contribution in [3.05, 3.63) is 83.3 Å². The monoisotopic (exact) mass is 415 g/mol. The highest BCUT2D eigenvalue weighted by Crippen LogP contribution is 2.21. The van der Waals surface area contributed by atoms with E-state index in [4.69, 9.17) is 0 Å². The second-order valence-corrected chi connectivity index (χ2v) is 7.71. The summed E-state index contributed by atoms with van der Waals surface area (Å²) in [5, 5.41) is 8.27. The minimum atomic E-state index is -0.316. The molecule has 1 N–H and O–H groups in total. The van der Waals surface area contributed by atoms with Crippen molar-refractivity contribution in [1.29, 1.82) is 0 Å². The predicted octanol–water partition coefficient (Wildman–Crippen LogP) is 3.07. The van der Waals surface area contributed by atoms with Crippen molar-refractivity contribution >= 4 is 22.5 Å². The van der Waals surface area contributed by atoms with Gasteiger partial charge in [-0.15, -0.1) is 0 Å². The van der Waals surface area contributed by atoms with E-state index in [1.807, 2.05) is 54.6 Å². The molecule has 1 amide bonds. The Morgan fingerprint density at radius 2 is 1.84 bits per heavy atom. The van der Waals surface area contributed by atoms with Gasteiger partial charge in [0.2, 0.25) is 5.91 Å². The quantitative estimate of drug-likeness (QED) is 0.504. The molecule has 0 radical (unpaired) electrons. The summed E-state index contributed by atoms with van der Waals surface area (Å²) in [7, 11) is 4.10. The van der Waals surface area contributed by atoms with Gasteiger partial charge in [0, 0.05) is 47.5 Å². The molecule has 0 aliphatic heterocycles. The molecule has 4 rings (SSSR count). The number of nitrogens with one attached hydrogen (secondary N) is 1. The number of benzene rings is 2. The van der Waals surface area contributed by atoms with Gasteiger partial charge < -0.3 is 14.8 Å². The molecule has 0 atom stereocenters. The number of likely N-dealkylation sites (N-methyl/N-ethyl adjacent to an activating group) is 1. The smallest absolute Gasteiger partial charge is 0.267 e. The Balaban J connectivity index is 1.47. The van der Waals surface area contributed by atoms with Gasteiger partial charge in [0.25, 0.3) is 5.56 Å². The average molecular weight is 415 g/mol. The van der Waals surface area contributed by atoms with Crippen molar-refractivity contribution in [3.8, 4) is 11.3 Å². The number of nitrogens with zero attached hydrogens (tertiary/aromatic N) is 4. The number of anilines is 1. The Hall–Kier alpha value is -3.71. The molecule has 2 aromatic carbocycles. The van der Waals surface area contributed by atoms with Crippen LogP contribution in [0.1, 0.15) is 0 Å². The molecule has 0 aliphatic carbocycles. The number of carbonyl (C=O) groups is 1. The van der Waals surface area contributed by atoms with Crippen LogP contribution in [-0.2, 0) is 17.9 Å². The molecule has 0 aliphatic rings. The molecule has 2 heterocycles. The van der Waals surface area contributed by atoms with E-state index in [2.05, 4.69) is 40.2 Å². The van der Waals surface area contributed by atoms with Crippen molar-refractivity contribution in [2.24, 2.45) is 0 Å². The van der Waals surface area contributed by atoms with Crippen molar-refractivity contribution in [2.75, 3.05) is 26.0 Å². The summed E-state index contributed by atoms with van der Waals surface area (Å²) in [6.07, 6.45) is 2.05. The summed E-state index contributed by atoms with van der Waals surface area (Å²) in [5.74, 6) is -0.300. The molecule has 0 saturated heterocycles. The average Bonchev–Trinajstić information content (AvgIpc) is 3.16. The number of amides is 1. The molecule has 0 unspecified atom stereocenters. The van der Waals surface area contributed by atoms with Crippen LogP contribution in [-0.4, -0.2) is 45.8 Å². The van der Waals surface area contributed by atoms with Gasteiger partial charge in [-0.1, -0.05) is 30.3 Å². The molecule has 158 valence electrons. The van der Waals surface area contributed by atoms with Gasteiger partial charge in [0.1, 0.15) is 6.54 Å². The van der Waals surface area contributed by atoms with Crippen LogP contribution < -0.4 is 10.9 Å². The molecule has 31 heavy (non-hydrogen) atoms. The number of rotatable bonds is 7. The zero-order chi connectivity index (χ0) is 21.8. The normalized spacial score (nSPS) is 11.2. The summed E-state index contributed by atoms with van der Waals surface area (Å²) >= 11 is 0. The minimum absolute atomic E-state index is 0.151. The van der Waals surface area contributed by atoms with Crippen LogP contribution in [0.25, 0.3) is 22.2 Å². The summed E-state index contributed by atoms with van der Waals surface area (Å²) in [4.78, 5) is 26.9. The second-order valence-electron chi connectivity index (χ2n) is 7.71. The highest BCUT2D eigenvalue weighted by Gasteiger charge is 2.10. The van der Waals surface area contributed by atoms with Crippen molar-refractivity contribution < 1.29 is 4.79 Å². The summed E-state index contributed by atoms with van der Waals surface area (Å²) in [5.41, 5.74) is 3.03.